The second-order valence-corrected chi connectivity index (χ2v) is 45.1. The van der Waals surface area contributed by atoms with E-state index in [0.29, 0.717) is 0 Å². The van der Waals surface area contributed by atoms with Gasteiger partial charge >= 0.3 is 47.8 Å². The molecular weight excluding hydrogens is 605 g/mol. The van der Waals surface area contributed by atoms with E-state index >= 15 is 0 Å². The first kappa shape index (κ1) is 10.8. The molecule has 0 aliphatic carbocycles. The Morgan fingerprint density at radius 3 is 1.00 bits per heavy atom. The Morgan fingerprint density at radius 1 is 1.00 bits per heavy atom. The summed E-state index contributed by atoms with van der Waals surface area (Å²) in [6.07, 6.45) is 0. The first-order chi connectivity index (χ1) is 1.73. The third kappa shape index (κ3) is 19.6. The molecule has 0 bridgehead atoms. The molecule has 5 heavy (non-hydrogen) atoms. The zero-order chi connectivity index (χ0) is 3.58. The van der Waals surface area contributed by atoms with Crippen LogP contribution < -0.4 is 0 Å². The molecule has 0 spiro atoms. The molecule has 0 radical (unpaired) electrons. The summed E-state index contributed by atoms with van der Waals surface area (Å²) < 4.78 is 0. The van der Waals surface area contributed by atoms with Gasteiger partial charge in [-0.2, -0.15) is 0 Å². The zero-order valence-corrected chi connectivity index (χ0v) is 13.0. The predicted octanol–water partition coefficient (Wildman–Crippen LogP) is -1.15. The van der Waals surface area contributed by atoms with E-state index in [0.717, 1.165) is 0 Å². The SMILES string of the molecule is [Se]=[W](=[Se])=[Se].[W]. The Bertz CT molecular complexity index is 74.3. The quantitative estimate of drug-likeness (QED) is 0.307. The maximum atomic E-state index is 2.99. The van der Waals surface area contributed by atoms with Crippen LogP contribution in [0.1, 0.15) is 0 Å². The van der Waals surface area contributed by atoms with Gasteiger partial charge in [-0.05, 0) is 0 Å². The largest absolute Gasteiger partial charge is 0 e. The van der Waals surface area contributed by atoms with Gasteiger partial charge < -0.3 is 0 Å². The maximum Gasteiger partial charge on any atom is 0 e. The summed E-state index contributed by atoms with van der Waals surface area (Å²) in [6, 6.07) is 0. The van der Waals surface area contributed by atoms with Crippen LogP contribution in [0.4, 0.5) is 0 Å². The van der Waals surface area contributed by atoms with Crippen molar-refractivity contribution >= 4 is 38.4 Å². The Kier molecular flexibility index (Phi) is 15.0. The molecule has 0 amide bonds. The number of hydrogen-bond donors (Lipinski definition) is 0. The molecule has 0 aromatic rings. The van der Waals surface area contributed by atoms with Gasteiger partial charge in [0.15, 0.2) is 0 Å². The smallest absolute Gasteiger partial charge is 0 e. The fourth-order valence-corrected chi connectivity index (χ4v) is 0. The Hall–Kier alpha value is 2.94. The Morgan fingerprint density at radius 2 is 1.00 bits per heavy atom. The fourth-order valence-electron chi connectivity index (χ4n) is 0. The maximum absolute atomic E-state index is 2.99. The molecule has 0 unspecified atom stereocenters. The van der Waals surface area contributed by atoms with Crippen LogP contribution in [0.15, 0.2) is 0 Å². The molecule has 0 saturated carbocycles. The van der Waals surface area contributed by atoms with Gasteiger partial charge in [0.25, 0.3) is 0 Å². The molecule has 0 saturated heterocycles. The first-order valence-electron chi connectivity index (χ1n) is 0.500. The summed E-state index contributed by atoms with van der Waals surface area (Å²) in [4.78, 5) is 0. The molecule has 5 heteroatoms. The molecule has 0 aliphatic heterocycles. The first-order valence-corrected chi connectivity index (χ1v) is 21.3. The van der Waals surface area contributed by atoms with Gasteiger partial charge in [-0.15, -0.1) is 0 Å². The molecule has 0 heterocycles. The minimum absolute atomic E-state index is 0. The molecule has 0 aromatic carbocycles. The van der Waals surface area contributed by atoms with Crippen LogP contribution in [0.5, 0.6) is 0 Å². The fraction of sp³-hybridized carbons (Fsp3) is 0. The van der Waals surface area contributed by atoms with Crippen molar-refractivity contribution in [1.29, 1.82) is 0 Å². The topological polar surface area (TPSA) is 0 Å². The molecule has 0 atom stereocenters. The van der Waals surface area contributed by atoms with Crippen molar-refractivity contribution in [2.75, 3.05) is 0 Å². The van der Waals surface area contributed by atoms with Gasteiger partial charge in [0.1, 0.15) is 0 Å². The molecule has 0 aliphatic rings. The van der Waals surface area contributed by atoms with Crippen LogP contribution in [-0.4, -0.2) is 38.4 Å². The van der Waals surface area contributed by atoms with Crippen molar-refractivity contribution in [3.8, 4) is 0 Å². The van der Waals surface area contributed by atoms with Crippen LogP contribution in [0.2, 0.25) is 0 Å². The van der Waals surface area contributed by atoms with E-state index in [1.807, 2.05) is 0 Å². The van der Waals surface area contributed by atoms with Gasteiger partial charge in [0, 0.05) is 21.1 Å². The third-order valence-electron chi connectivity index (χ3n) is 0. The van der Waals surface area contributed by atoms with Gasteiger partial charge in [-0.25, -0.2) is 0 Å². The van der Waals surface area contributed by atoms with E-state index < -0.39 is 9.37 Å². The van der Waals surface area contributed by atoms with Crippen LogP contribution in [0.3, 0.4) is 0 Å². The van der Waals surface area contributed by atoms with Crippen LogP contribution in [-0.2, 0) is 30.4 Å². The monoisotopic (exact) mass is 608 g/mol. The van der Waals surface area contributed by atoms with Crippen molar-refractivity contribution < 1.29 is 30.4 Å². The van der Waals surface area contributed by atoms with Gasteiger partial charge in [-0.3, -0.25) is 0 Å². The van der Waals surface area contributed by atoms with Gasteiger partial charge in [0.05, 0.1) is 0 Å². The minimum Gasteiger partial charge on any atom is 0 e. The summed E-state index contributed by atoms with van der Waals surface area (Å²) in [5.41, 5.74) is 0. The zero-order valence-electron chi connectivity index (χ0n) is 2.04. The summed E-state index contributed by atoms with van der Waals surface area (Å²) >= 11 is 8.96. The number of rotatable bonds is 0. The summed E-state index contributed by atoms with van der Waals surface area (Å²) in [5.74, 6) is 0. The average Bonchev–Trinajstić information content (AvgIpc) is 0.811. The summed E-state index contributed by atoms with van der Waals surface area (Å²) in [7, 11) is -0.903. The second kappa shape index (κ2) is 6.94. The molecule has 0 rings (SSSR count). The minimum atomic E-state index is -0.903. The van der Waals surface area contributed by atoms with E-state index in [1.165, 1.54) is 0 Å². The summed E-state index contributed by atoms with van der Waals surface area (Å²) in [6.45, 7) is 0. The average molecular weight is 605 g/mol. The van der Waals surface area contributed by atoms with Gasteiger partial charge in [-0.1, -0.05) is 0 Å². The van der Waals surface area contributed by atoms with Crippen molar-refractivity contribution in [2.24, 2.45) is 0 Å². The second-order valence-electron chi connectivity index (χ2n) is 0.204. The van der Waals surface area contributed by atoms with Crippen LogP contribution in [0, 0.1) is 0 Å². The Balaban J connectivity index is 0. The molecule has 0 fully saturated rings. The van der Waals surface area contributed by atoms with Crippen molar-refractivity contribution in [2.45, 2.75) is 0 Å². The van der Waals surface area contributed by atoms with Crippen LogP contribution >= 0.6 is 0 Å². The number of hydrogen-bond acceptors (Lipinski definition) is 0. The van der Waals surface area contributed by atoms with E-state index in [1.54, 1.807) is 0 Å². The predicted molar refractivity (Wildman–Crippen MR) is 17.3 cm³/mol. The molecular formula is Se3W2. The molecule has 0 nitrogen and oxygen atoms in total. The van der Waals surface area contributed by atoms with Gasteiger partial charge in [0.2, 0.25) is 0 Å². The molecule has 0 N–H and O–H groups in total. The normalized spacial score (nSPS) is 4.80. The van der Waals surface area contributed by atoms with E-state index in [4.69, 9.17) is 0 Å². The van der Waals surface area contributed by atoms with E-state index in [9.17, 15) is 0 Å². The van der Waals surface area contributed by atoms with Crippen molar-refractivity contribution in [1.82, 2.24) is 0 Å². The third-order valence-corrected chi connectivity index (χ3v) is 0. The Labute approximate surface area is 67.5 Å². The van der Waals surface area contributed by atoms with Crippen molar-refractivity contribution in [3.05, 3.63) is 0 Å². The standard InChI is InChI=1S/3Se.2W. The summed E-state index contributed by atoms with van der Waals surface area (Å²) in [5, 5.41) is 0. The molecule has 0 aromatic heterocycles. The van der Waals surface area contributed by atoms with E-state index in [2.05, 4.69) is 38.4 Å². The van der Waals surface area contributed by atoms with E-state index in [-0.39, 0.29) is 21.1 Å². The van der Waals surface area contributed by atoms with Crippen molar-refractivity contribution in [3.63, 3.8) is 0 Å². The van der Waals surface area contributed by atoms with Crippen LogP contribution in [0.25, 0.3) is 0 Å². The molecule has 30 valence electrons.